The van der Waals surface area contributed by atoms with Gasteiger partial charge in [-0.3, -0.25) is 0 Å². The molecule has 0 aliphatic carbocycles. The van der Waals surface area contributed by atoms with E-state index in [0.717, 1.165) is 5.56 Å². The predicted molar refractivity (Wildman–Crippen MR) is 79.9 cm³/mol. The molecule has 1 fully saturated rings. The van der Waals surface area contributed by atoms with Gasteiger partial charge in [-0.1, -0.05) is 30.3 Å². The SMILES string of the molecule is CO[C@@H]1[C@@H](OC)[C@H](OCc2ccccc2)O[C@H](C(=O)O)[C@H]1OC. The highest BCUT2D eigenvalue weighted by molar-refractivity contribution is 5.73. The summed E-state index contributed by atoms with van der Waals surface area (Å²) in [5.74, 6) is -1.14. The molecule has 1 aromatic carbocycles. The second-order valence-electron chi connectivity index (χ2n) is 5.16. The molecule has 0 saturated carbocycles. The first-order valence-corrected chi connectivity index (χ1v) is 7.24. The highest BCUT2D eigenvalue weighted by atomic mass is 16.7. The van der Waals surface area contributed by atoms with Gasteiger partial charge in [0.25, 0.3) is 0 Å². The van der Waals surface area contributed by atoms with Gasteiger partial charge in [-0.2, -0.15) is 0 Å². The Hall–Kier alpha value is -1.51. The molecule has 1 aromatic rings. The van der Waals surface area contributed by atoms with Crippen molar-refractivity contribution in [2.24, 2.45) is 0 Å². The summed E-state index contributed by atoms with van der Waals surface area (Å²) in [6, 6.07) is 9.51. The summed E-state index contributed by atoms with van der Waals surface area (Å²) < 4.78 is 27.3. The van der Waals surface area contributed by atoms with Gasteiger partial charge in [0.15, 0.2) is 12.4 Å². The van der Waals surface area contributed by atoms with Gasteiger partial charge in [-0.25, -0.2) is 4.79 Å². The van der Waals surface area contributed by atoms with Gasteiger partial charge in [0, 0.05) is 21.3 Å². The minimum atomic E-state index is -1.20. The summed E-state index contributed by atoms with van der Waals surface area (Å²) in [6.45, 7) is 0.270. The summed E-state index contributed by atoms with van der Waals surface area (Å²) >= 11 is 0. The van der Waals surface area contributed by atoms with Crippen molar-refractivity contribution in [3.05, 3.63) is 35.9 Å². The second kappa shape index (κ2) is 8.37. The van der Waals surface area contributed by atoms with E-state index >= 15 is 0 Å². The maximum atomic E-state index is 11.4. The van der Waals surface area contributed by atoms with Crippen molar-refractivity contribution in [1.82, 2.24) is 0 Å². The molecular formula is C16H22O7. The number of rotatable bonds is 7. The van der Waals surface area contributed by atoms with E-state index in [9.17, 15) is 9.90 Å². The van der Waals surface area contributed by atoms with Crippen LogP contribution in [0.2, 0.25) is 0 Å². The van der Waals surface area contributed by atoms with Gasteiger partial charge in [0.2, 0.25) is 0 Å². The smallest absolute Gasteiger partial charge is 0.335 e. The summed E-state index contributed by atoms with van der Waals surface area (Å²) in [6.07, 6.45) is -4.10. The van der Waals surface area contributed by atoms with Gasteiger partial charge >= 0.3 is 5.97 Å². The molecule has 7 nitrogen and oxygen atoms in total. The standard InChI is InChI=1S/C16H22O7/c1-19-11-12(20-2)14(21-3)16(23-13(11)15(17)18)22-9-10-7-5-4-6-8-10/h4-8,11-14,16H,9H2,1-3H3,(H,17,18)/t11-,12-,13-,14+,16+/m0/s1. The number of carbonyl (C=O) groups is 1. The fourth-order valence-electron chi connectivity index (χ4n) is 2.67. The van der Waals surface area contributed by atoms with E-state index in [1.807, 2.05) is 30.3 Å². The Bertz CT molecular complexity index is 492. The van der Waals surface area contributed by atoms with Gasteiger partial charge in [-0.15, -0.1) is 0 Å². The second-order valence-corrected chi connectivity index (χ2v) is 5.16. The maximum Gasteiger partial charge on any atom is 0.335 e. The fraction of sp³-hybridized carbons (Fsp3) is 0.562. The Kier molecular flexibility index (Phi) is 6.49. The number of methoxy groups -OCH3 is 3. The van der Waals surface area contributed by atoms with Crippen molar-refractivity contribution in [1.29, 1.82) is 0 Å². The molecular weight excluding hydrogens is 304 g/mol. The largest absolute Gasteiger partial charge is 0.479 e. The fourth-order valence-corrected chi connectivity index (χ4v) is 2.67. The molecule has 1 saturated heterocycles. The average molecular weight is 326 g/mol. The number of hydrogen-bond donors (Lipinski definition) is 1. The lowest BCUT2D eigenvalue weighted by molar-refractivity contribution is -0.308. The Labute approximate surface area is 135 Å². The lowest BCUT2D eigenvalue weighted by Gasteiger charge is -2.43. The van der Waals surface area contributed by atoms with Gasteiger partial charge < -0.3 is 28.8 Å². The van der Waals surface area contributed by atoms with Crippen molar-refractivity contribution in [3.8, 4) is 0 Å². The van der Waals surface area contributed by atoms with Crippen molar-refractivity contribution >= 4 is 5.97 Å². The van der Waals surface area contributed by atoms with E-state index in [0.29, 0.717) is 0 Å². The maximum absolute atomic E-state index is 11.4. The Balaban J connectivity index is 2.14. The number of ether oxygens (including phenoxy) is 5. The molecule has 7 heteroatoms. The number of hydrogen-bond acceptors (Lipinski definition) is 6. The lowest BCUT2D eigenvalue weighted by atomic mass is 9.98. The monoisotopic (exact) mass is 326 g/mol. The van der Waals surface area contributed by atoms with E-state index < -0.39 is 36.7 Å². The summed E-state index contributed by atoms with van der Waals surface area (Å²) in [5.41, 5.74) is 0.945. The molecule has 0 aromatic heterocycles. The normalized spacial score (nSPS) is 31.0. The summed E-state index contributed by atoms with van der Waals surface area (Å²) in [5, 5.41) is 9.36. The van der Waals surface area contributed by atoms with Crippen molar-refractivity contribution in [2.75, 3.05) is 21.3 Å². The zero-order valence-electron chi connectivity index (χ0n) is 13.4. The zero-order valence-corrected chi connectivity index (χ0v) is 13.4. The molecule has 0 bridgehead atoms. The lowest BCUT2D eigenvalue weighted by Crippen LogP contribution is -2.62. The van der Waals surface area contributed by atoms with Crippen molar-refractivity contribution < 1.29 is 33.6 Å². The third-order valence-electron chi connectivity index (χ3n) is 3.81. The molecule has 0 radical (unpaired) electrons. The minimum absolute atomic E-state index is 0.270. The minimum Gasteiger partial charge on any atom is -0.479 e. The van der Waals surface area contributed by atoms with Crippen LogP contribution in [0.1, 0.15) is 5.56 Å². The van der Waals surface area contributed by atoms with Crippen LogP contribution in [0.5, 0.6) is 0 Å². The van der Waals surface area contributed by atoms with E-state index in [4.69, 9.17) is 23.7 Å². The summed E-state index contributed by atoms with van der Waals surface area (Å²) in [7, 11) is 4.38. The van der Waals surface area contributed by atoms with Gasteiger partial charge in [0.1, 0.15) is 18.3 Å². The molecule has 0 amide bonds. The van der Waals surface area contributed by atoms with Crippen LogP contribution >= 0.6 is 0 Å². The highest BCUT2D eigenvalue weighted by Gasteiger charge is 2.50. The Morgan fingerprint density at radius 2 is 1.65 bits per heavy atom. The molecule has 5 atom stereocenters. The number of carboxylic acid groups (broad SMARTS) is 1. The molecule has 1 N–H and O–H groups in total. The van der Waals surface area contributed by atoms with Gasteiger partial charge in [-0.05, 0) is 5.56 Å². The molecule has 2 rings (SSSR count). The van der Waals surface area contributed by atoms with E-state index in [1.54, 1.807) is 0 Å². The topological polar surface area (TPSA) is 83.5 Å². The molecule has 1 aliphatic rings. The predicted octanol–water partition coefficient (Wildman–Crippen LogP) is 1.06. The molecule has 0 spiro atoms. The van der Waals surface area contributed by atoms with Crippen LogP contribution in [0.3, 0.4) is 0 Å². The van der Waals surface area contributed by atoms with Crippen molar-refractivity contribution in [2.45, 2.75) is 37.3 Å². The van der Waals surface area contributed by atoms with Crippen LogP contribution in [-0.4, -0.2) is 63.1 Å². The van der Waals surface area contributed by atoms with Gasteiger partial charge in [0.05, 0.1) is 6.61 Å². The molecule has 23 heavy (non-hydrogen) atoms. The first-order chi connectivity index (χ1) is 11.1. The highest BCUT2D eigenvalue weighted by Crippen LogP contribution is 2.28. The Morgan fingerprint density at radius 1 is 1.04 bits per heavy atom. The summed E-state index contributed by atoms with van der Waals surface area (Å²) in [4.78, 5) is 11.4. The molecule has 0 unspecified atom stereocenters. The number of benzene rings is 1. The van der Waals surface area contributed by atoms with Crippen molar-refractivity contribution in [3.63, 3.8) is 0 Å². The number of aliphatic carboxylic acids is 1. The molecule has 1 aliphatic heterocycles. The van der Waals surface area contributed by atoms with Crippen LogP contribution in [-0.2, 0) is 35.1 Å². The van der Waals surface area contributed by atoms with Crippen LogP contribution in [0.25, 0.3) is 0 Å². The van der Waals surface area contributed by atoms with Crippen LogP contribution in [0.15, 0.2) is 30.3 Å². The molecule has 1 heterocycles. The first-order valence-electron chi connectivity index (χ1n) is 7.24. The zero-order chi connectivity index (χ0) is 16.8. The van der Waals surface area contributed by atoms with E-state index in [-0.39, 0.29) is 6.61 Å². The van der Waals surface area contributed by atoms with Crippen LogP contribution < -0.4 is 0 Å². The van der Waals surface area contributed by atoms with Crippen LogP contribution in [0, 0.1) is 0 Å². The van der Waals surface area contributed by atoms with E-state index in [2.05, 4.69) is 0 Å². The molecule has 128 valence electrons. The first kappa shape index (κ1) is 17.8. The van der Waals surface area contributed by atoms with Crippen LogP contribution in [0.4, 0.5) is 0 Å². The van der Waals surface area contributed by atoms with E-state index in [1.165, 1.54) is 21.3 Å². The number of carboxylic acids is 1. The quantitative estimate of drug-likeness (QED) is 0.802. The average Bonchev–Trinajstić information content (AvgIpc) is 2.58. The third kappa shape index (κ3) is 4.07. The Morgan fingerprint density at radius 3 is 2.17 bits per heavy atom. The third-order valence-corrected chi connectivity index (χ3v) is 3.81.